The summed E-state index contributed by atoms with van der Waals surface area (Å²) in [7, 11) is 0. The number of oxazole rings is 1. The molecule has 2 N–H and O–H groups in total. The summed E-state index contributed by atoms with van der Waals surface area (Å²) in [5, 5.41) is 4.55. The van der Waals surface area contributed by atoms with Gasteiger partial charge in [0.1, 0.15) is 5.52 Å². The predicted molar refractivity (Wildman–Crippen MR) is 110 cm³/mol. The Balaban J connectivity index is 1.20. The Morgan fingerprint density at radius 2 is 1.89 bits per heavy atom. The van der Waals surface area contributed by atoms with Crippen LogP contribution < -0.4 is 10.2 Å². The highest BCUT2D eigenvalue weighted by Gasteiger charge is 2.20. The first-order valence-corrected chi connectivity index (χ1v) is 10.0. The van der Waals surface area contributed by atoms with E-state index < -0.39 is 0 Å². The van der Waals surface area contributed by atoms with Gasteiger partial charge >= 0.3 is 0 Å². The molecule has 3 aromatic rings. The summed E-state index contributed by atoms with van der Waals surface area (Å²) in [5.74, 6) is 0. The molecule has 27 heavy (non-hydrogen) atoms. The van der Waals surface area contributed by atoms with E-state index in [1.807, 2.05) is 36.4 Å². The standard InChI is InChI=1S/C20H22Cl2N4O/c21-16-6-5-15(13-17(16)22)14-26-11-9-25(10-12-26)8-7-23-20-24-18-3-1-2-4-19(18)27-20/h1-6,13H,7-12,14H2,(H,23,24)/p+1. The van der Waals surface area contributed by atoms with Crippen molar-refractivity contribution in [2.75, 3.05) is 44.6 Å². The van der Waals surface area contributed by atoms with Gasteiger partial charge in [-0.3, -0.25) is 4.90 Å². The van der Waals surface area contributed by atoms with Crippen molar-refractivity contribution in [2.24, 2.45) is 0 Å². The topological polar surface area (TPSA) is 45.7 Å². The van der Waals surface area contributed by atoms with Crippen molar-refractivity contribution in [1.29, 1.82) is 0 Å². The number of halogens is 2. The molecule has 142 valence electrons. The van der Waals surface area contributed by atoms with E-state index in [1.54, 1.807) is 4.90 Å². The number of nitrogens with zero attached hydrogens (tertiary/aromatic N) is 2. The molecule has 1 aliphatic rings. The summed E-state index contributed by atoms with van der Waals surface area (Å²) < 4.78 is 5.70. The molecular weight excluding hydrogens is 383 g/mol. The van der Waals surface area contributed by atoms with Crippen LogP contribution in [-0.2, 0) is 6.54 Å². The number of para-hydroxylation sites is 2. The van der Waals surface area contributed by atoms with E-state index in [9.17, 15) is 0 Å². The summed E-state index contributed by atoms with van der Waals surface area (Å²) in [6.45, 7) is 7.27. The van der Waals surface area contributed by atoms with Crippen LogP contribution in [0.2, 0.25) is 10.0 Å². The summed E-state index contributed by atoms with van der Waals surface area (Å²) in [4.78, 5) is 8.52. The van der Waals surface area contributed by atoms with Crippen molar-refractivity contribution in [2.45, 2.75) is 6.54 Å². The molecule has 0 amide bonds. The number of piperazine rings is 1. The van der Waals surface area contributed by atoms with Gasteiger partial charge in [0.15, 0.2) is 5.58 Å². The molecule has 0 spiro atoms. The summed E-state index contributed by atoms with van der Waals surface area (Å²) >= 11 is 12.1. The molecule has 0 unspecified atom stereocenters. The Morgan fingerprint density at radius 3 is 2.67 bits per heavy atom. The normalized spacial score (nSPS) is 16.1. The van der Waals surface area contributed by atoms with Gasteiger partial charge in [-0.25, -0.2) is 0 Å². The summed E-state index contributed by atoms with van der Waals surface area (Å²) in [6, 6.07) is 14.3. The number of fused-ring (bicyclic) bond motifs is 1. The second kappa shape index (κ2) is 8.48. The van der Waals surface area contributed by atoms with Gasteiger partial charge in [-0.1, -0.05) is 41.4 Å². The van der Waals surface area contributed by atoms with Crippen LogP contribution >= 0.6 is 23.2 Å². The lowest BCUT2D eigenvalue weighted by molar-refractivity contribution is -0.902. The zero-order chi connectivity index (χ0) is 18.6. The van der Waals surface area contributed by atoms with Gasteiger partial charge in [0.25, 0.3) is 6.01 Å². The minimum atomic E-state index is 0.605. The Bertz CT molecular complexity index is 873. The highest BCUT2D eigenvalue weighted by molar-refractivity contribution is 6.42. The minimum absolute atomic E-state index is 0.605. The second-order valence-corrected chi connectivity index (χ2v) is 7.75. The number of nitrogens with one attached hydrogen (secondary N) is 2. The molecule has 5 nitrogen and oxygen atoms in total. The highest BCUT2D eigenvalue weighted by atomic mass is 35.5. The summed E-state index contributed by atoms with van der Waals surface area (Å²) in [5.41, 5.74) is 2.93. The maximum Gasteiger partial charge on any atom is 0.295 e. The first kappa shape index (κ1) is 18.6. The smallest absolute Gasteiger partial charge is 0.295 e. The second-order valence-electron chi connectivity index (χ2n) is 6.94. The minimum Gasteiger partial charge on any atom is -0.424 e. The van der Waals surface area contributed by atoms with Gasteiger partial charge < -0.3 is 14.6 Å². The maximum atomic E-state index is 6.11. The zero-order valence-corrected chi connectivity index (χ0v) is 16.6. The van der Waals surface area contributed by atoms with Gasteiger partial charge in [-0.15, -0.1) is 0 Å². The lowest BCUT2D eigenvalue weighted by atomic mass is 10.2. The van der Waals surface area contributed by atoms with E-state index in [0.29, 0.717) is 16.1 Å². The third kappa shape index (κ3) is 4.74. The van der Waals surface area contributed by atoms with E-state index in [2.05, 4.69) is 21.3 Å². The number of hydrogen-bond donors (Lipinski definition) is 2. The van der Waals surface area contributed by atoms with Crippen molar-refractivity contribution in [3.8, 4) is 0 Å². The number of aromatic nitrogens is 1. The molecule has 0 bridgehead atoms. The van der Waals surface area contributed by atoms with Crippen LogP contribution in [-0.4, -0.2) is 49.2 Å². The van der Waals surface area contributed by atoms with E-state index >= 15 is 0 Å². The van der Waals surface area contributed by atoms with Gasteiger partial charge in [-0.05, 0) is 29.8 Å². The number of rotatable bonds is 6. The lowest BCUT2D eigenvalue weighted by Crippen LogP contribution is -3.15. The van der Waals surface area contributed by atoms with Crippen LogP contribution in [0.4, 0.5) is 6.01 Å². The number of quaternary nitrogens is 1. The molecule has 2 heterocycles. The van der Waals surface area contributed by atoms with Crippen LogP contribution in [0.1, 0.15) is 5.56 Å². The molecule has 0 saturated carbocycles. The van der Waals surface area contributed by atoms with Gasteiger partial charge in [0, 0.05) is 19.6 Å². The largest absolute Gasteiger partial charge is 0.424 e. The third-order valence-corrected chi connectivity index (χ3v) is 5.74. The number of anilines is 1. The van der Waals surface area contributed by atoms with Gasteiger partial charge in [-0.2, -0.15) is 4.98 Å². The molecule has 0 aliphatic carbocycles. The van der Waals surface area contributed by atoms with Crippen molar-refractivity contribution in [1.82, 2.24) is 9.88 Å². The fourth-order valence-corrected chi connectivity index (χ4v) is 3.79. The molecule has 7 heteroatoms. The number of benzene rings is 2. The van der Waals surface area contributed by atoms with E-state index in [1.165, 1.54) is 5.56 Å². The van der Waals surface area contributed by atoms with E-state index in [0.717, 1.165) is 56.9 Å². The molecule has 0 atom stereocenters. The van der Waals surface area contributed by atoms with Crippen molar-refractivity contribution >= 4 is 40.3 Å². The Hall–Kier alpha value is -1.79. The van der Waals surface area contributed by atoms with Crippen LogP contribution in [0.3, 0.4) is 0 Å². The van der Waals surface area contributed by atoms with Gasteiger partial charge in [0.05, 0.1) is 36.2 Å². The third-order valence-electron chi connectivity index (χ3n) is 5.00. The average molecular weight is 406 g/mol. The molecule has 2 aromatic carbocycles. The summed E-state index contributed by atoms with van der Waals surface area (Å²) in [6.07, 6.45) is 0. The molecule has 1 saturated heterocycles. The molecule has 1 aromatic heterocycles. The lowest BCUT2D eigenvalue weighted by Gasteiger charge is -2.32. The fourth-order valence-electron chi connectivity index (χ4n) is 3.47. The monoisotopic (exact) mass is 405 g/mol. The number of hydrogen-bond acceptors (Lipinski definition) is 4. The molecule has 4 rings (SSSR count). The quantitative estimate of drug-likeness (QED) is 0.661. The molecule has 1 fully saturated rings. The Kier molecular flexibility index (Phi) is 5.83. The zero-order valence-electron chi connectivity index (χ0n) is 15.0. The van der Waals surface area contributed by atoms with E-state index in [4.69, 9.17) is 27.6 Å². The molecular formula is C20H23Cl2N4O+. The van der Waals surface area contributed by atoms with E-state index in [-0.39, 0.29) is 0 Å². The van der Waals surface area contributed by atoms with Crippen LogP contribution in [0.5, 0.6) is 0 Å². The maximum absolute atomic E-state index is 6.11. The first-order chi connectivity index (χ1) is 13.2. The van der Waals surface area contributed by atoms with Crippen LogP contribution in [0, 0.1) is 0 Å². The van der Waals surface area contributed by atoms with Crippen molar-refractivity contribution in [3.05, 3.63) is 58.1 Å². The van der Waals surface area contributed by atoms with Crippen molar-refractivity contribution < 1.29 is 9.32 Å². The van der Waals surface area contributed by atoms with Gasteiger partial charge in [0.2, 0.25) is 0 Å². The Morgan fingerprint density at radius 1 is 1.07 bits per heavy atom. The predicted octanol–water partition coefficient (Wildman–Crippen LogP) is 2.95. The van der Waals surface area contributed by atoms with Crippen molar-refractivity contribution in [3.63, 3.8) is 0 Å². The highest BCUT2D eigenvalue weighted by Crippen LogP contribution is 2.23. The SMILES string of the molecule is Clc1ccc(CN2CC[NH+](CCNc3nc4ccccc4o3)CC2)cc1Cl. The fraction of sp³-hybridized carbons (Fsp3) is 0.350. The van der Waals surface area contributed by atoms with Crippen LogP contribution in [0.25, 0.3) is 11.1 Å². The average Bonchev–Trinajstić information content (AvgIpc) is 3.09. The molecule has 0 radical (unpaired) electrons. The molecule has 1 aliphatic heterocycles. The van der Waals surface area contributed by atoms with Crippen LogP contribution in [0.15, 0.2) is 46.9 Å². The Labute approximate surface area is 168 Å². The first-order valence-electron chi connectivity index (χ1n) is 9.27.